The van der Waals surface area contributed by atoms with Crippen LogP contribution < -0.4 is 10.6 Å². The quantitative estimate of drug-likeness (QED) is 0.535. The number of benzene rings is 2. The number of esters is 1. The van der Waals surface area contributed by atoms with E-state index >= 15 is 0 Å². The average molecular weight is 452 g/mol. The molecule has 0 radical (unpaired) electrons. The van der Waals surface area contributed by atoms with Crippen molar-refractivity contribution in [1.29, 1.82) is 0 Å². The zero-order chi connectivity index (χ0) is 23.1. The Morgan fingerprint density at radius 2 is 1.62 bits per heavy atom. The highest BCUT2D eigenvalue weighted by Crippen LogP contribution is 2.19. The van der Waals surface area contributed by atoms with Gasteiger partial charge in [-0.2, -0.15) is 0 Å². The van der Waals surface area contributed by atoms with Crippen LogP contribution >= 0.6 is 11.3 Å². The number of hydrogen-bond acceptors (Lipinski definition) is 6. The van der Waals surface area contributed by atoms with E-state index in [1.54, 1.807) is 74.1 Å². The maximum atomic E-state index is 12.5. The molecule has 0 aliphatic rings. The Balaban J connectivity index is 1.57. The number of nitrogens with one attached hydrogen (secondary N) is 2. The van der Waals surface area contributed by atoms with Crippen molar-refractivity contribution in [2.45, 2.75) is 0 Å². The molecule has 0 spiro atoms. The van der Waals surface area contributed by atoms with E-state index in [0.717, 1.165) is 0 Å². The average Bonchev–Trinajstić information content (AvgIpc) is 3.33. The summed E-state index contributed by atoms with van der Waals surface area (Å²) in [7, 11) is 3.30. The first kappa shape index (κ1) is 22.7. The van der Waals surface area contributed by atoms with Gasteiger partial charge in [-0.05, 0) is 47.8 Å². The van der Waals surface area contributed by atoms with Crippen LogP contribution in [0.2, 0.25) is 0 Å². The summed E-state index contributed by atoms with van der Waals surface area (Å²) >= 11 is 1.28. The van der Waals surface area contributed by atoms with Gasteiger partial charge in [0.25, 0.3) is 17.7 Å². The van der Waals surface area contributed by atoms with E-state index in [1.165, 1.54) is 22.3 Å². The molecule has 0 saturated heterocycles. The number of anilines is 2. The van der Waals surface area contributed by atoms with Crippen molar-refractivity contribution in [2.75, 3.05) is 31.3 Å². The third kappa shape index (κ3) is 5.79. The molecule has 0 fully saturated rings. The molecule has 2 aromatic carbocycles. The second-order valence-corrected chi connectivity index (χ2v) is 7.83. The van der Waals surface area contributed by atoms with Crippen LogP contribution in [-0.4, -0.2) is 49.3 Å². The van der Waals surface area contributed by atoms with E-state index in [-0.39, 0.29) is 23.1 Å². The summed E-state index contributed by atoms with van der Waals surface area (Å²) in [6.07, 6.45) is 0. The molecule has 3 amide bonds. The molecule has 0 aliphatic heterocycles. The van der Waals surface area contributed by atoms with Crippen LogP contribution in [0.15, 0.2) is 66.0 Å². The number of rotatable bonds is 7. The van der Waals surface area contributed by atoms with Crippen LogP contribution in [0.3, 0.4) is 0 Å². The molecule has 3 rings (SSSR count). The molecule has 1 aromatic heterocycles. The van der Waals surface area contributed by atoms with Gasteiger partial charge >= 0.3 is 5.97 Å². The highest BCUT2D eigenvalue weighted by atomic mass is 32.1. The van der Waals surface area contributed by atoms with Crippen LogP contribution in [-0.2, 0) is 9.53 Å². The van der Waals surface area contributed by atoms with Gasteiger partial charge in [0, 0.05) is 25.3 Å². The topological polar surface area (TPSA) is 105 Å². The molecule has 9 heteroatoms. The van der Waals surface area contributed by atoms with Gasteiger partial charge < -0.3 is 20.3 Å². The van der Waals surface area contributed by atoms with E-state index in [2.05, 4.69) is 10.6 Å². The molecule has 0 atom stereocenters. The van der Waals surface area contributed by atoms with Gasteiger partial charge in [-0.3, -0.25) is 14.4 Å². The summed E-state index contributed by atoms with van der Waals surface area (Å²) in [6, 6.07) is 16.2. The normalized spacial score (nSPS) is 10.2. The lowest BCUT2D eigenvalue weighted by atomic mass is 10.1. The van der Waals surface area contributed by atoms with E-state index in [9.17, 15) is 19.2 Å². The summed E-state index contributed by atoms with van der Waals surface area (Å²) in [5, 5.41) is 7.06. The van der Waals surface area contributed by atoms with E-state index in [0.29, 0.717) is 16.1 Å². The largest absolute Gasteiger partial charge is 0.452 e. The maximum absolute atomic E-state index is 12.5. The van der Waals surface area contributed by atoms with Crippen molar-refractivity contribution < 1.29 is 23.9 Å². The molecule has 8 nitrogen and oxygen atoms in total. The van der Waals surface area contributed by atoms with Gasteiger partial charge in [0.15, 0.2) is 6.61 Å². The van der Waals surface area contributed by atoms with Crippen LogP contribution in [0.1, 0.15) is 30.4 Å². The first-order valence-corrected chi connectivity index (χ1v) is 10.5. The number of ether oxygens (including phenoxy) is 1. The SMILES string of the molecule is CN(C)C(=O)c1ccc(NC(=O)COC(=O)c2ccccc2NC(=O)c2cccs2)cc1. The van der Waals surface area contributed by atoms with Gasteiger partial charge in [-0.1, -0.05) is 18.2 Å². The zero-order valence-electron chi connectivity index (χ0n) is 17.5. The molecular formula is C23H21N3O5S. The minimum Gasteiger partial charge on any atom is -0.452 e. The van der Waals surface area contributed by atoms with Crippen LogP contribution in [0.25, 0.3) is 0 Å². The van der Waals surface area contributed by atoms with Crippen LogP contribution in [0, 0.1) is 0 Å². The number of nitrogens with zero attached hydrogens (tertiary/aromatic N) is 1. The number of carbonyl (C=O) groups excluding carboxylic acids is 4. The van der Waals surface area contributed by atoms with E-state index in [1.807, 2.05) is 0 Å². The highest BCUT2D eigenvalue weighted by molar-refractivity contribution is 7.12. The van der Waals surface area contributed by atoms with Crippen LogP contribution in [0.5, 0.6) is 0 Å². The van der Waals surface area contributed by atoms with Crippen molar-refractivity contribution in [3.8, 4) is 0 Å². The predicted molar refractivity (Wildman–Crippen MR) is 122 cm³/mol. The molecule has 0 aliphatic carbocycles. The summed E-state index contributed by atoms with van der Waals surface area (Å²) in [6.45, 7) is -0.510. The summed E-state index contributed by atoms with van der Waals surface area (Å²) in [5.41, 5.74) is 1.37. The third-order valence-electron chi connectivity index (χ3n) is 4.30. The summed E-state index contributed by atoms with van der Waals surface area (Å²) < 4.78 is 5.11. The fourth-order valence-corrected chi connectivity index (χ4v) is 3.34. The third-order valence-corrected chi connectivity index (χ3v) is 5.16. The lowest BCUT2D eigenvalue weighted by Crippen LogP contribution is -2.23. The van der Waals surface area contributed by atoms with Gasteiger partial charge in [-0.25, -0.2) is 4.79 Å². The molecule has 164 valence electrons. The highest BCUT2D eigenvalue weighted by Gasteiger charge is 2.17. The number of para-hydroxylation sites is 1. The fraction of sp³-hybridized carbons (Fsp3) is 0.130. The monoisotopic (exact) mass is 451 g/mol. The number of hydrogen-bond donors (Lipinski definition) is 2. The van der Waals surface area contributed by atoms with E-state index < -0.39 is 18.5 Å². The predicted octanol–water partition coefficient (Wildman–Crippen LogP) is 3.50. The Morgan fingerprint density at radius 1 is 0.906 bits per heavy atom. The fourth-order valence-electron chi connectivity index (χ4n) is 2.72. The minimum atomic E-state index is -0.742. The first-order valence-electron chi connectivity index (χ1n) is 9.57. The lowest BCUT2D eigenvalue weighted by Gasteiger charge is -2.12. The molecule has 0 bridgehead atoms. The zero-order valence-corrected chi connectivity index (χ0v) is 18.3. The van der Waals surface area contributed by atoms with Crippen molar-refractivity contribution in [3.63, 3.8) is 0 Å². The van der Waals surface area contributed by atoms with Crippen molar-refractivity contribution >= 4 is 46.4 Å². The summed E-state index contributed by atoms with van der Waals surface area (Å²) in [5.74, 6) is -1.77. The van der Waals surface area contributed by atoms with Crippen molar-refractivity contribution in [2.24, 2.45) is 0 Å². The Kier molecular flexibility index (Phi) is 7.35. The Bertz CT molecular complexity index is 1120. The standard InChI is InChI=1S/C23H21N3O5S/c1-26(2)22(29)15-9-11-16(12-10-15)24-20(27)14-31-23(30)17-6-3-4-7-18(17)25-21(28)19-8-5-13-32-19/h3-13H,14H2,1-2H3,(H,24,27)(H,25,28). The second-order valence-electron chi connectivity index (χ2n) is 6.88. The van der Waals surface area contributed by atoms with Crippen LogP contribution in [0.4, 0.5) is 11.4 Å². The van der Waals surface area contributed by atoms with Crippen molar-refractivity contribution in [3.05, 3.63) is 82.0 Å². The number of carbonyl (C=O) groups is 4. The maximum Gasteiger partial charge on any atom is 0.340 e. The smallest absolute Gasteiger partial charge is 0.340 e. The summed E-state index contributed by atoms with van der Waals surface area (Å²) in [4.78, 5) is 50.8. The molecule has 0 unspecified atom stereocenters. The first-order chi connectivity index (χ1) is 15.3. The van der Waals surface area contributed by atoms with Gasteiger partial charge in [-0.15, -0.1) is 11.3 Å². The Morgan fingerprint density at radius 3 is 2.28 bits per heavy atom. The molecular weight excluding hydrogens is 430 g/mol. The van der Waals surface area contributed by atoms with Gasteiger partial charge in [0.1, 0.15) is 0 Å². The molecule has 32 heavy (non-hydrogen) atoms. The Hall–Kier alpha value is -3.98. The van der Waals surface area contributed by atoms with Crippen molar-refractivity contribution in [1.82, 2.24) is 4.90 Å². The minimum absolute atomic E-state index is 0.136. The molecule has 0 saturated carbocycles. The Labute approximate surface area is 188 Å². The second kappa shape index (κ2) is 10.4. The molecule has 3 aromatic rings. The molecule has 1 heterocycles. The lowest BCUT2D eigenvalue weighted by molar-refractivity contribution is -0.119. The molecule has 2 N–H and O–H groups in total. The van der Waals surface area contributed by atoms with Gasteiger partial charge in [0.2, 0.25) is 0 Å². The number of amides is 3. The van der Waals surface area contributed by atoms with E-state index in [4.69, 9.17) is 4.74 Å². The van der Waals surface area contributed by atoms with Gasteiger partial charge in [0.05, 0.1) is 16.1 Å². The number of thiophene rings is 1.